The van der Waals surface area contributed by atoms with Crippen LogP contribution in [0.3, 0.4) is 0 Å². The molecule has 14 nitrogen and oxygen atoms in total. The van der Waals surface area contributed by atoms with Gasteiger partial charge in [-0.3, -0.25) is 28.6 Å². The number of benzene rings is 1. The van der Waals surface area contributed by atoms with Gasteiger partial charge in [-0.1, -0.05) is 43.2 Å². The maximum atomic E-state index is 14.6. The van der Waals surface area contributed by atoms with Gasteiger partial charge in [0.15, 0.2) is 11.4 Å². The number of carbonyl (C=O) groups excluding carboxylic acids is 4. The summed E-state index contributed by atoms with van der Waals surface area (Å²) >= 11 is 0. The Morgan fingerprint density at radius 1 is 0.981 bits per heavy atom. The number of sulfonamides is 1. The van der Waals surface area contributed by atoms with E-state index in [-0.39, 0.29) is 36.8 Å². The van der Waals surface area contributed by atoms with Crippen molar-refractivity contribution < 1.29 is 32.3 Å². The molecule has 3 aromatic heterocycles. The molecule has 1 aromatic carbocycles. The number of ketones is 1. The Hall–Kier alpha value is -5.18. The molecule has 3 amide bonds. The molecule has 0 spiro atoms. The summed E-state index contributed by atoms with van der Waals surface area (Å²) in [5.41, 5.74) is -0.596. The van der Waals surface area contributed by atoms with Crippen LogP contribution >= 0.6 is 0 Å². The summed E-state index contributed by atoms with van der Waals surface area (Å²) in [6.07, 6.45) is 11.0. The molecular formula is C39H43N7O7S. The molecule has 282 valence electrons. The van der Waals surface area contributed by atoms with Crippen LogP contribution in [0.2, 0.25) is 0 Å². The lowest BCUT2D eigenvalue weighted by atomic mass is 9.91. The number of nitrogens with one attached hydrogen (secondary N) is 2. The smallest absolute Gasteiger partial charge is 0.272 e. The van der Waals surface area contributed by atoms with Gasteiger partial charge in [-0.15, -0.1) is 0 Å². The van der Waals surface area contributed by atoms with Crippen LogP contribution in [-0.4, -0.2) is 86.6 Å². The summed E-state index contributed by atoms with van der Waals surface area (Å²) in [6, 6.07) is 11.1. The molecule has 0 radical (unpaired) electrons. The van der Waals surface area contributed by atoms with Gasteiger partial charge in [0.1, 0.15) is 17.8 Å². The Labute approximate surface area is 312 Å². The number of hydrogen-bond donors (Lipinski definition) is 2. The average molecular weight is 754 g/mol. The van der Waals surface area contributed by atoms with E-state index < -0.39 is 56.6 Å². The second kappa shape index (κ2) is 14.2. The summed E-state index contributed by atoms with van der Waals surface area (Å²) in [4.78, 5) is 67.0. The van der Waals surface area contributed by atoms with Crippen molar-refractivity contribution in [2.75, 3.05) is 6.54 Å². The first-order valence-electron chi connectivity index (χ1n) is 18.7. The largest absolute Gasteiger partial charge is 0.472 e. The second-order valence-electron chi connectivity index (χ2n) is 15.1. The molecule has 4 aromatic rings. The average Bonchev–Trinajstić information content (AvgIpc) is 4.05. The molecule has 5 heterocycles. The molecule has 2 aliphatic heterocycles. The first-order chi connectivity index (χ1) is 26.0. The lowest BCUT2D eigenvalue weighted by Crippen LogP contribution is -2.52. The molecule has 0 bridgehead atoms. The number of carbonyl (C=O) groups is 4. The van der Waals surface area contributed by atoms with Crippen LogP contribution in [0.15, 0.2) is 67.0 Å². The van der Waals surface area contributed by atoms with E-state index in [9.17, 15) is 27.6 Å². The van der Waals surface area contributed by atoms with Crippen molar-refractivity contribution in [2.24, 2.45) is 18.4 Å². The molecule has 2 aliphatic carbocycles. The number of nitrogens with zero attached hydrogens (tertiary/aromatic N) is 5. The van der Waals surface area contributed by atoms with E-state index in [1.807, 2.05) is 48.6 Å². The van der Waals surface area contributed by atoms with Crippen molar-refractivity contribution in [1.82, 2.24) is 34.7 Å². The van der Waals surface area contributed by atoms with Gasteiger partial charge in [0.25, 0.3) is 5.91 Å². The first kappa shape index (κ1) is 35.8. The van der Waals surface area contributed by atoms with E-state index in [4.69, 9.17) is 9.72 Å². The Morgan fingerprint density at radius 2 is 1.78 bits per heavy atom. The summed E-state index contributed by atoms with van der Waals surface area (Å²) in [5.74, 6) is -1.98. The lowest BCUT2D eigenvalue weighted by molar-refractivity contribution is -0.140. The quantitative estimate of drug-likeness (QED) is 0.208. The molecule has 4 aliphatic rings. The fraction of sp³-hybridized carbons (Fsp3) is 0.462. The van der Waals surface area contributed by atoms with Crippen molar-refractivity contribution >= 4 is 55.3 Å². The molecule has 2 saturated carbocycles. The highest BCUT2D eigenvalue weighted by molar-refractivity contribution is 7.90. The molecule has 2 N–H and O–H groups in total. The highest BCUT2D eigenvalue weighted by Gasteiger charge is 2.61. The van der Waals surface area contributed by atoms with Crippen molar-refractivity contribution in [1.29, 1.82) is 0 Å². The topological polar surface area (TPSA) is 183 Å². The highest BCUT2D eigenvalue weighted by Crippen LogP contribution is 2.57. The van der Waals surface area contributed by atoms with Crippen molar-refractivity contribution in [2.45, 2.75) is 87.6 Å². The number of amides is 3. The fourth-order valence-electron chi connectivity index (χ4n) is 7.96. The Bertz CT molecular complexity index is 2290. The van der Waals surface area contributed by atoms with Gasteiger partial charge >= 0.3 is 0 Å². The van der Waals surface area contributed by atoms with Gasteiger partial charge in [-0.25, -0.2) is 13.4 Å². The summed E-state index contributed by atoms with van der Waals surface area (Å²) in [6.45, 7) is 0.0278. The third-order valence-corrected chi connectivity index (χ3v) is 13.0. The van der Waals surface area contributed by atoms with Crippen molar-refractivity contribution in [3.05, 3.63) is 72.7 Å². The lowest BCUT2D eigenvalue weighted by Gasteiger charge is -2.29. The first-order valence-corrected chi connectivity index (χ1v) is 20.2. The molecule has 5 atom stereocenters. The van der Waals surface area contributed by atoms with Gasteiger partial charge in [0.05, 0.1) is 23.3 Å². The summed E-state index contributed by atoms with van der Waals surface area (Å²) in [5, 5.41) is 8.99. The number of hydrogen-bond acceptors (Lipinski definition) is 10. The van der Waals surface area contributed by atoms with E-state index in [0.29, 0.717) is 43.6 Å². The maximum Gasteiger partial charge on any atom is 0.272 e. The summed E-state index contributed by atoms with van der Waals surface area (Å²) in [7, 11) is -2.15. The van der Waals surface area contributed by atoms with Crippen LogP contribution in [0.5, 0.6) is 5.88 Å². The van der Waals surface area contributed by atoms with Crippen LogP contribution < -0.4 is 14.8 Å². The predicted molar refractivity (Wildman–Crippen MR) is 199 cm³/mol. The highest BCUT2D eigenvalue weighted by atomic mass is 32.2. The molecule has 0 unspecified atom stereocenters. The van der Waals surface area contributed by atoms with E-state index >= 15 is 0 Å². The number of pyridine rings is 2. The third-order valence-electron chi connectivity index (χ3n) is 11.2. The zero-order valence-electron chi connectivity index (χ0n) is 30.0. The second-order valence-corrected chi connectivity index (χ2v) is 17.0. The molecule has 3 fully saturated rings. The predicted octanol–water partition coefficient (Wildman–Crippen LogP) is 3.76. The molecule has 1 saturated heterocycles. The van der Waals surface area contributed by atoms with Crippen LogP contribution in [0, 0.1) is 11.3 Å². The normalized spacial score (nSPS) is 27.0. The van der Waals surface area contributed by atoms with Gasteiger partial charge in [0.2, 0.25) is 27.7 Å². The van der Waals surface area contributed by atoms with Gasteiger partial charge < -0.3 is 15.0 Å². The van der Waals surface area contributed by atoms with E-state index in [0.717, 1.165) is 35.4 Å². The number of allylic oxidation sites excluding steroid dienone is 2. The standard InChI is InChI=1S/C39H43N7O7S/c1-45-19-17-30(43-45)35(48)41-31-14-6-4-2-3-5-10-24-21-39(24,38(50)44-54(51,52)26-15-16-26)22-33(47)32-20-25(23-46(32)37(31)49)53-36-29-12-8-7-11-27(29)28-13-9-18-40-34(28)42-36/h5,7-13,17-19,24-26,31-32H,2-4,6,14-16,20-23H2,1H3,(H,41,48)(H,44,50)/b10-5-/t24-,25-,31+,32+,39-/m1/s1. The van der Waals surface area contributed by atoms with Crippen LogP contribution in [-0.2, 0) is 31.5 Å². The molecule has 15 heteroatoms. The Balaban J connectivity index is 1.12. The number of rotatable bonds is 7. The molecule has 8 rings (SSSR count). The van der Waals surface area contributed by atoms with Gasteiger partial charge in [0, 0.05) is 43.1 Å². The third kappa shape index (κ3) is 7.08. The zero-order chi connectivity index (χ0) is 37.6. The number of ether oxygens (including phenoxy) is 1. The number of aromatic nitrogens is 4. The Morgan fingerprint density at radius 3 is 2.56 bits per heavy atom. The minimum Gasteiger partial charge on any atom is -0.472 e. The van der Waals surface area contributed by atoms with Crippen LogP contribution in [0.1, 0.15) is 74.7 Å². The minimum absolute atomic E-state index is 0.0278. The molecule has 54 heavy (non-hydrogen) atoms. The monoisotopic (exact) mass is 753 g/mol. The number of fused-ring (bicyclic) bond motifs is 5. The van der Waals surface area contributed by atoms with E-state index in [2.05, 4.69) is 20.1 Å². The molecular weight excluding hydrogens is 711 g/mol. The SMILES string of the molecule is Cn1ccc(C(=O)N[C@H]2CCCCC/C=C\[C@@H]3C[C@@]3(C(=O)NS(=O)(=O)C3CC3)CC(=O)[C@@H]3C[C@@H](Oc4nc5ncccc5c5ccccc45)CN3C2=O)n1. The van der Waals surface area contributed by atoms with E-state index in [1.165, 1.54) is 9.58 Å². The van der Waals surface area contributed by atoms with Crippen molar-refractivity contribution in [3.63, 3.8) is 0 Å². The summed E-state index contributed by atoms with van der Waals surface area (Å²) < 4.78 is 36.1. The zero-order valence-corrected chi connectivity index (χ0v) is 30.8. The number of Topliss-reactive ketones (excluding diaryl/α,β-unsaturated/α-hetero) is 1. The minimum atomic E-state index is -3.85. The van der Waals surface area contributed by atoms with Gasteiger partial charge in [-0.05, 0) is 74.1 Å². The maximum absolute atomic E-state index is 14.6. The van der Waals surface area contributed by atoms with Gasteiger partial charge in [-0.2, -0.15) is 10.1 Å². The Kier molecular flexibility index (Phi) is 9.44. The van der Waals surface area contributed by atoms with Crippen molar-refractivity contribution in [3.8, 4) is 5.88 Å². The number of aryl methyl sites for hydroxylation is 1. The van der Waals surface area contributed by atoms with Crippen LogP contribution in [0.25, 0.3) is 21.8 Å². The van der Waals surface area contributed by atoms with Crippen LogP contribution in [0.4, 0.5) is 0 Å². The van der Waals surface area contributed by atoms with E-state index in [1.54, 1.807) is 25.5 Å². The fourth-order valence-corrected chi connectivity index (χ4v) is 9.35.